The van der Waals surface area contributed by atoms with Gasteiger partial charge in [0, 0.05) is 24.7 Å². The minimum atomic E-state index is -0.181. The summed E-state index contributed by atoms with van der Waals surface area (Å²) in [6.07, 6.45) is 1.26. The van der Waals surface area contributed by atoms with Gasteiger partial charge in [-0.15, -0.1) is 0 Å². The highest BCUT2D eigenvalue weighted by Gasteiger charge is 2.16. The maximum Gasteiger partial charge on any atom is 0.243 e. The average Bonchev–Trinajstić information content (AvgIpc) is 2.75. The minimum absolute atomic E-state index is 0.181. The van der Waals surface area contributed by atoms with E-state index in [2.05, 4.69) is 17.2 Å². The van der Waals surface area contributed by atoms with Gasteiger partial charge in [-0.1, -0.05) is 24.2 Å². The molecule has 0 radical (unpaired) electrons. The fraction of sp³-hybridized carbons (Fsp3) is 0.250. The summed E-state index contributed by atoms with van der Waals surface area (Å²) >= 11 is 6.13. The normalized spacial score (nSPS) is 13.3. The Bertz CT molecular complexity index is 443. The first-order valence-corrected chi connectivity index (χ1v) is 5.50. The molecule has 1 amide bonds. The van der Waals surface area contributed by atoms with Crippen LogP contribution in [0.2, 0.25) is 5.02 Å². The van der Waals surface area contributed by atoms with Gasteiger partial charge < -0.3 is 10.6 Å². The largest absolute Gasteiger partial charge is 0.348 e. The smallest absolute Gasteiger partial charge is 0.243 e. The number of carbonyl (C=O) groups is 1. The molecule has 1 aromatic carbocycles. The molecular formula is C12H13ClN2O. The summed E-state index contributed by atoms with van der Waals surface area (Å²) in [6, 6.07) is 3.90. The molecule has 0 bridgehead atoms. The highest BCUT2D eigenvalue weighted by molar-refractivity contribution is 6.31. The SMILES string of the molecule is C=CC(=O)NCc1c(Cl)ccc2c1CNC2. The zero-order valence-electron chi connectivity index (χ0n) is 8.85. The monoisotopic (exact) mass is 236 g/mol. The van der Waals surface area contributed by atoms with E-state index in [1.54, 1.807) is 0 Å². The fourth-order valence-electron chi connectivity index (χ4n) is 1.86. The Hall–Kier alpha value is -1.32. The molecule has 0 aromatic heterocycles. The summed E-state index contributed by atoms with van der Waals surface area (Å²) in [4.78, 5) is 11.1. The second-order valence-corrected chi connectivity index (χ2v) is 4.10. The number of amides is 1. The molecule has 0 saturated carbocycles. The van der Waals surface area contributed by atoms with E-state index in [9.17, 15) is 4.79 Å². The van der Waals surface area contributed by atoms with E-state index in [1.807, 2.05) is 12.1 Å². The standard InChI is InChI=1S/C12H13ClN2O/c1-2-12(16)15-7-10-9-6-14-5-8(9)3-4-11(10)13/h2-4,14H,1,5-7H2,(H,15,16). The Balaban J connectivity index is 2.23. The third-order valence-corrected chi connectivity index (χ3v) is 3.07. The number of nitrogens with one attached hydrogen (secondary N) is 2. The fourth-order valence-corrected chi connectivity index (χ4v) is 2.10. The van der Waals surface area contributed by atoms with Crippen LogP contribution in [-0.2, 0) is 24.4 Å². The summed E-state index contributed by atoms with van der Waals surface area (Å²) in [5.41, 5.74) is 3.46. The Morgan fingerprint density at radius 3 is 3.12 bits per heavy atom. The van der Waals surface area contributed by atoms with Crippen LogP contribution in [0.4, 0.5) is 0 Å². The van der Waals surface area contributed by atoms with Crippen molar-refractivity contribution in [3.05, 3.63) is 46.5 Å². The van der Waals surface area contributed by atoms with Gasteiger partial charge in [-0.3, -0.25) is 4.79 Å². The van der Waals surface area contributed by atoms with Crippen molar-refractivity contribution in [2.24, 2.45) is 0 Å². The van der Waals surface area contributed by atoms with E-state index in [1.165, 1.54) is 17.2 Å². The molecule has 84 valence electrons. The van der Waals surface area contributed by atoms with Gasteiger partial charge >= 0.3 is 0 Å². The molecule has 1 heterocycles. The van der Waals surface area contributed by atoms with Crippen LogP contribution >= 0.6 is 11.6 Å². The molecule has 1 aliphatic heterocycles. The Labute approximate surface area is 99.5 Å². The van der Waals surface area contributed by atoms with Gasteiger partial charge in [0.1, 0.15) is 0 Å². The molecule has 4 heteroatoms. The van der Waals surface area contributed by atoms with E-state index in [0.29, 0.717) is 11.6 Å². The van der Waals surface area contributed by atoms with Crippen LogP contribution in [0.1, 0.15) is 16.7 Å². The van der Waals surface area contributed by atoms with Crippen molar-refractivity contribution in [3.8, 4) is 0 Å². The molecule has 0 atom stereocenters. The number of halogens is 1. The van der Waals surface area contributed by atoms with Crippen LogP contribution in [0.3, 0.4) is 0 Å². The number of fused-ring (bicyclic) bond motifs is 1. The molecular weight excluding hydrogens is 224 g/mol. The summed E-state index contributed by atoms with van der Waals surface area (Å²) in [5, 5.41) is 6.72. The molecule has 2 N–H and O–H groups in total. The van der Waals surface area contributed by atoms with E-state index in [0.717, 1.165) is 18.7 Å². The average molecular weight is 237 g/mol. The summed E-state index contributed by atoms with van der Waals surface area (Å²) in [7, 11) is 0. The quantitative estimate of drug-likeness (QED) is 0.785. The lowest BCUT2D eigenvalue weighted by Crippen LogP contribution is -2.21. The minimum Gasteiger partial charge on any atom is -0.348 e. The Kier molecular flexibility index (Phi) is 3.27. The van der Waals surface area contributed by atoms with Crippen molar-refractivity contribution in [1.82, 2.24) is 10.6 Å². The van der Waals surface area contributed by atoms with E-state index in [-0.39, 0.29) is 5.91 Å². The molecule has 2 rings (SSSR count). The third kappa shape index (κ3) is 2.10. The second-order valence-electron chi connectivity index (χ2n) is 3.69. The molecule has 0 spiro atoms. The zero-order valence-corrected chi connectivity index (χ0v) is 9.60. The van der Waals surface area contributed by atoms with Gasteiger partial charge in [0.2, 0.25) is 5.91 Å². The van der Waals surface area contributed by atoms with Crippen LogP contribution in [0.15, 0.2) is 24.8 Å². The van der Waals surface area contributed by atoms with Gasteiger partial charge in [-0.2, -0.15) is 0 Å². The van der Waals surface area contributed by atoms with Crippen LogP contribution in [0.5, 0.6) is 0 Å². The zero-order chi connectivity index (χ0) is 11.5. The van der Waals surface area contributed by atoms with E-state index >= 15 is 0 Å². The number of hydrogen-bond acceptors (Lipinski definition) is 2. The van der Waals surface area contributed by atoms with E-state index in [4.69, 9.17) is 11.6 Å². The first-order chi connectivity index (χ1) is 7.72. The number of hydrogen-bond donors (Lipinski definition) is 2. The third-order valence-electron chi connectivity index (χ3n) is 2.71. The molecule has 0 aliphatic carbocycles. The first-order valence-electron chi connectivity index (χ1n) is 5.12. The summed E-state index contributed by atoms with van der Waals surface area (Å²) in [6.45, 7) is 5.55. The Morgan fingerprint density at radius 1 is 1.56 bits per heavy atom. The van der Waals surface area contributed by atoms with Crippen molar-refractivity contribution < 1.29 is 4.79 Å². The molecule has 0 fully saturated rings. The van der Waals surface area contributed by atoms with Gasteiger partial charge in [-0.05, 0) is 28.8 Å². The van der Waals surface area contributed by atoms with Crippen molar-refractivity contribution in [1.29, 1.82) is 0 Å². The van der Waals surface area contributed by atoms with Crippen LogP contribution < -0.4 is 10.6 Å². The highest BCUT2D eigenvalue weighted by atomic mass is 35.5. The predicted molar refractivity (Wildman–Crippen MR) is 64.0 cm³/mol. The van der Waals surface area contributed by atoms with Crippen LogP contribution in [0, 0.1) is 0 Å². The first kappa shape index (κ1) is 11.2. The molecule has 3 nitrogen and oxygen atoms in total. The van der Waals surface area contributed by atoms with Crippen LogP contribution in [0.25, 0.3) is 0 Å². The lowest BCUT2D eigenvalue weighted by Gasteiger charge is -2.10. The summed E-state index contributed by atoms with van der Waals surface area (Å²) < 4.78 is 0. The van der Waals surface area contributed by atoms with Crippen molar-refractivity contribution in [2.75, 3.05) is 0 Å². The number of rotatable bonds is 3. The number of benzene rings is 1. The maximum atomic E-state index is 11.1. The van der Waals surface area contributed by atoms with Crippen molar-refractivity contribution in [3.63, 3.8) is 0 Å². The Morgan fingerprint density at radius 2 is 2.38 bits per heavy atom. The predicted octanol–water partition coefficient (Wildman–Crippen LogP) is 1.75. The molecule has 0 unspecified atom stereocenters. The van der Waals surface area contributed by atoms with Gasteiger partial charge in [0.05, 0.1) is 0 Å². The topological polar surface area (TPSA) is 41.1 Å². The van der Waals surface area contributed by atoms with Gasteiger partial charge in [-0.25, -0.2) is 0 Å². The maximum absolute atomic E-state index is 11.1. The molecule has 16 heavy (non-hydrogen) atoms. The second kappa shape index (κ2) is 4.68. The highest BCUT2D eigenvalue weighted by Crippen LogP contribution is 2.26. The van der Waals surface area contributed by atoms with E-state index < -0.39 is 0 Å². The van der Waals surface area contributed by atoms with Crippen LogP contribution in [-0.4, -0.2) is 5.91 Å². The van der Waals surface area contributed by atoms with Crippen molar-refractivity contribution in [2.45, 2.75) is 19.6 Å². The van der Waals surface area contributed by atoms with Crippen molar-refractivity contribution >= 4 is 17.5 Å². The van der Waals surface area contributed by atoms with Gasteiger partial charge in [0.15, 0.2) is 0 Å². The molecule has 1 aliphatic rings. The molecule has 1 aromatic rings. The summed E-state index contributed by atoms with van der Waals surface area (Å²) in [5.74, 6) is -0.181. The molecule has 0 saturated heterocycles. The number of carbonyl (C=O) groups excluding carboxylic acids is 1. The lowest BCUT2D eigenvalue weighted by atomic mass is 10.0. The lowest BCUT2D eigenvalue weighted by molar-refractivity contribution is -0.116. The van der Waals surface area contributed by atoms with Gasteiger partial charge in [0.25, 0.3) is 0 Å².